The Hall–Kier alpha value is -0.970. The number of nitrogens with one attached hydrogen (secondary N) is 2. The topological polar surface area (TPSA) is 50.4 Å². The highest BCUT2D eigenvalue weighted by Crippen LogP contribution is 2.23. The van der Waals surface area contributed by atoms with Gasteiger partial charge in [-0.3, -0.25) is 4.79 Å². The first-order valence-corrected chi connectivity index (χ1v) is 7.31. The van der Waals surface area contributed by atoms with Gasteiger partial charge in [-0.1, -0.05) is 17.7 Å². The molecular formula is C15H22Cl2N2O2. The lowest BCUT2D eigenvalue weighted by atomic mass is 9.92. The number of ether oxygens (including phenoxy) is 1. The lowest BCUT2D eigenvalue weighted by Gasteiger charge is -2.27. The molecule has 0 unspecified atom stereocenters. The largest absolute Gasteiger partial charge is 0.496 e. The van der Waals surface area contributed by atoms with E-state index >= 15 is 0 Å². The number of piperidine rings is 1. The smallest absolute Gasteiger partial charge is 0.223 e. The molecule has 0 aromatic heterocycles. The number of methoxy groups -OCH3 is 1. The van der Waals surface area contributed by atoms with Crippen LogP contribution in [-0.4, -0.2) is 25.6 Å². The number of carbonyl (C=O) groups is 1. The van der Waals surface area contributed by atoms with Gasteiger partial charge in [-0.15, -0.1) is 12.4 Å². The molecule has 0 saturated carbocycles. The number of halogens is 2. The van der Waals surface area contributed by atoms with Crippen molar-refractivity contribution in [1.82, 2.24) is 10.6 Å². The molecule has 0 aliphatic carbocycles. The van der Waals surface area contributed by atoms with Gasteiger partial charge in [0.05, 0.1) is 7.11 Å². The fraction of sp³-hybridized carbons (Fsp3) is 0.533. The van der Waals surface area contributed by atoms with Gasteiger partial charge in [-0.05, 0) is 38.4 Å². The third-order valence-corrected chi connectivity index (χ3v) is 3.93. The van der Waals surface area contributed by atoms with E-state index in [9.17, 15) is 4.79 Å². The summed E-state index contributed by atoms with van der Waals surface area (Å²) in [6, 6.07) is 5.85. The lowest BCUT2D eigenvalue weighted by Crippen LogP contribution is -2.42. The molecule has 6 heteroatoms. The zero-order valence-electron chi connectivity index (χ0n) is 12.3. The molecule has 1 heterocycles. The Morgan fingerprint density at radius 2 is 2.29 bits per heavy atom. The van der Waals surface area contributed by atoms with Crippen LogP contribution in [-0.2, 0) is 11.3 Å². The van der Waals surface area contributed by atoms with Crippen molar-refractivity contribution in [2.24, 2.45) is 5.92 Å². The van der Waals surface area contributed by atoms with Crippen LogP contribution in [0.3, 0.4) is 0 Å². The predicted molar refractivity (Wildman–Crippen MR) is 87.3 cm³/mol. The molecule has 1 aromatic carbocycles. The third kappa shape index (κ3) is 5.06. The Morgan fingerprint density at radius 1 is 1.52 bits per heavy atom. The highest BCUT2D eigenvalue weighted by atomic mass is 35.5. The summed E-state index contributed by atoms with van der Waals surface area (Å²) in [6.45, 7) is 3.49. The van der Waals surface area contributed by atoms with Gasteiger partial charge in [0, 0.05) is 29.1 Å². The average molecular weight is 333 g/mol. The Balaban J connectivity index is 0.00000220. The van der Waals surface area contributed by atoms with Crippen molar-refractivity contribution < 1.29 is 9.53 Å². The summed E-state index contributed by atoms with van der Waals surface area (Å²) in [5.41, 5.74) is 0.937. The minimum atomic E-state index is 0. The molecule has 2 atom stereocenters. The first-order valence-electron chi connectivity index (χ1n) is 6.93. The summed E-state index contributed by atoms with van der Waals surface area (Å²) >= 11 is 5.92. The SMILES string of the molecule is COc1cc(Cl)ccc1CNC(=O)[C@H]1CCN[C@@H](C)C1.Cl. The van der Waals surface area contributed by atoms with Crippen molar-refractivity contribution >= 4 is 29.9 Å². The first-order chi connectivity index (χ1) is 9.60. The summed E-state index contributed by atoms with van der Waals surface area (Å²) < 4.78 is 5.28. The zero-order valence-corrected chi connectivity index (χ0v) is 13.9. The van der Waals surface area contributed by atoms with E-state index in [4.69, 9.17) is 16.3 Å². The number of hydrogen-bond donors (Lipinski definition) is 2. The van der Waals surface area contributed by atoms with Crippen LogP contribution < -0.4 is 15.4 Å². The zero-order chi connectivity index (χ0) is 14.5. The molecule has 1 saturated heterocycles. The molecule has 1 aliphatic heterocycles. The van der Waals surface area contributed by atoms with Crippen LogP contribution in [0, 0.1) is 5.92 Å². The van der Waals surface area contributed by atoms with Crippen LogP contribution in [0.25, 0.3) is 0 Å². The monoisotopic (exact) mass is 332 g/mol. The number of benzene rings is 1. The molecule has 2 rings (SSSR count). The first kappa shape index (κ1) is 18.1. The molecule has 1 fully saturated rings. The second kappa shape index (κ2) is 8.47. The fourth-order valence-corrected chi connectivity index (χ4v) is 2.72. The Morgan fingerprint density at radius 3 is 2.95 bits per heavy atom. The number of amides is 1. The molecule has 1 aromatic rings. The third-order valence-electron chi connectivity index (χ3n) is 3.70. The van der Waals surface area contributed by atoms with Crippen molar-refractivity contribution in [1.29, 1.82) is 0 Å². The normalized spacial score (nSPS) is 21.3. The highest BCUT2D eigenvalue weighted by molar-refractivity contribution is 6.30. The molecule has 1 aliphatic rings. The van der Waals surface area contributed by atoms with Gasteiger partial charge >= 0.3 is 0 Å². The summed E-state index contributed by atoms with van der Waals surface area (Å²) in [5.74, 6) is 0.927. The van der Waals surface area contributed by atoms with E-state index in [0.717, 1.165) is 24.9 Å². The van der Waals surface area contributed by atoms with Gasteiger partial charge < -0.3 is 15.4 Å². The maximum atomic E-state index is 12.2. The maximum Gasteiger partial charge on any atom is 0.223 e. The van der Waals surface area contributed by atoms with Crippen molar-refractivity contribution in [2.45, 2.75) is 32.4 Å². The average Bonchev–Trinajstić information content (AvgIpc) is 2.45. The molecule has 0 bridgehead atoms. The Bertz CT molecular complexity index is 483. The van der Waals surface area contributed by atoms with Crippen LogP contribution in [0.1, 0.15) is 25.3 Å². The predicted octanol–water partition coefficient (Wildman–Crippen LogP) is 2.77. The van der Waals surface area contributed by atoms with Crippen LogP contribution in [0.15, 0.2) is 18.2 Å². The molecule has 2 N–H and O–H groups in total. The molecule has 21 heavy (non-hydrogen) atoms. The van der Waals surface area contributed by atoms with Crippen molar-refractivity contribution in [3.05, 3.63) is 28.8 Å². The number of hydrogen-bond acceptors (Lipinski definition) is 3. The lowest BCUT2D eigenvalue weighted by molar-refractivity contribution is -0.126. The van der Waals surface area contributed by atoms with Gasteiger partial charge in [0.25, 0.3) is 0 Å². The highest BCUT2D eigenvalue weighted by Gasteiger charge is 2.24. The molecule has 1 amide bonds. The van der Waals surface area contributed by atoms with Crippen LogP contribution >= 0.6 is 24.0 Å². The quantitative estimate of drug-likeness (QED) is 0.891. The van der Waals surface area contributed by atoms with E-state index in [1.54, 1.807) is 19.2 Å². The molecular weight excluding hydrogens is 311 g/mol. The van der Waals surface area contributed by atoms with E-state index in [0.29, 0.717) is 23.4 Å². The van der Waals surface area contributed by atoms with Gasteiger partial charge in [0.1, 0.15) is 5.75 Å². The molecule has 0 spiro atoms. The van der Waals surface area contributed by atoms with E-state index in [1.807, 2.05) is 6.07 Å². The van der Waals surface area contributed by atoms with E-state index < -0.39 is 0 Å². The maximum absolute atomic E-state index is 12.2. The van der Waals surface area contributed by atoms with Crippen molar-refractivity contribution in [3.63, 3.8) is 0 Å². The molecule has 0 radical (unpaired) electrons. The summed E-state index contributed by atoms with van der Waals surface area (Å²) in [7, 11) is 1.60. The molecule has 118 valence electrons. The van der Waals surface area contributed by atoms with Gasteiger partial charge in [0.15, 0.2) is 0 Å². The summed E-state index contributed by atoms with van der Waals surface area (Å²) in [4.78, 5) is 12.2. The van der Waals surface area contributed by atoms with E-state index in [-0.39, 0.29) is 24.2 Å². The minimum absolute atomic E-state index is 0. The van der Waals surface area contributed by atoms with Crippen molar-refractivity contribution in [2.75, 3.05) is 13.7 Å². The number of rotatable bonds is 4. The standard InChI is InChI=1S/C15H21ClN2O2.ClH/c1-10-7-11(5-6-17-10)15(19)18-9-12-3-4-13(16)8-14(12)20-2;/h3-4,8,10-11,17H,5-7,9H2,1-2H3,(H,18,19);1H/t10-,11-;/m0./s1. The van der Waals surface area contributed by atoms with Crippen molar-refractivity contribution in [3.8, 4) is 5.75 Å². The summed E-state index contributed by atoms with van der Waals surface area (Å²) in [6.07, 6.45) is 1.79. The van der Waals surface area contributed by atoms with Gasteiger partial charge in [0.2, 0.25) is 5.91 Å². The second-order valence-electron chi connectivity index (χ2n) is 5.25. The second-order valence-corrected chi connectivity index (χ2v) is 5.69. The van der Waals surface area contributed by atoms with Gasteiger partial charge in [-0.25, -0.2) is 0 Å². The van der Waals surface area contributed by atoms with E-state index in [2.05, 4.69) is 17.6 Å². The van der Waals surface area contributed by atoms with Crippen LogP contribution in [0.2, 0.25) is 5.02 Å². The Kier molecular flexibility index (Phi) is 7.29. The fourth-order valence-electron chi connectivity index (χ4n) is 2.56. The Labute approximate surface area is 137 Å². The number of carbonyl (C=O) groups excluding carboxylic acids is 1. The van der Waals surface area contributed by atoms with Crippen LogP contribution in [0.5, 0.6) is 5.75 Å². The van der Waals surface area contributed by atoms with Crippen LogP contribution in [0.4, 0.5) is 0 Å². The van der Waals surface area contributed by atoms with E-state index in [1.165, 1.54) is 0 Å². The molecule has 4 nitrogen and oxygen atoms in total. The minimum Gasteiger partial charge on any atom is -0.496 e. The summed E-state index contributed by atoms with van der Waals surface area (Å²) in [5, 5.41) is 6.97. The van der Waals surface area contributed by atoms with Gasteiger partial charge in [-0.2, -0.15) is 0 Å².